The van der Waals surface area contributed by atoms with Gasteiger partial charge in [-0.25, -0.2) is 22.2 Å². The molecule has 0 saturated heterocycles. The number of pyridine rings is 1. The van der Waals surface area contributed by atoms with Crippen LogP contribution in [-0.2, 0) is 16.2 Å². The van der Waals surface area contributed by atoms with Gasteiger partial charge < -0.3 is 11.5 Å². The maximum absolute atomic E-state index is 15.6. The molecule has 0 atom stereocenters. The molecule has 224 valence electrons. The predicted molar refractivity (Wildman–Crippen MR) is 149 cm³/mol. The topological polar surface area (TPSA) is 129 Å². The van der Waals surface area contributed by atoms with E-state index in [9.17, 15) is 21.6 Å². The number of nitrogens with zero attached hydrogens (tertiary/aromatic N) is 3. The number of nitrogens with two attached hydrogens (primary N) is 2. The van der Waals surface area contributed by atoms with Crippen LogP contribution in [0, 0.1) is 11.6 Å². The van der Waals surface area contributed by atoms with E-state index in [4.69, 9.17) is 11.5 Å². The molecule has 5 N–H and O–H groups in total. The molecule has 1 fully saturated rings. The van der Waals surface area contributed by atoms with Crippen molar-refractivity contribution in [2.45, 2.75) is 68.6 Å². The standard InChI is InChI=1S/C28H29F5N6O2S/c1-14(2)39-26-20(15-6-8-17(34)9-7-15)13-36-27(35)24(26)25(37-39)19-11-22(30)23(12-21(19)29)38-42(40,41)18-5-3-4-16(10-18)28(31,32)33/h3-5,10-15,17,38H,6-9,34H2,1-2H3,(H2,35,36). The van der Waals surface area contributed by atoms with Gasteiger partial charge in [-0.15, -0.1) is 0 Å². The van der Waals surface area contributed by atoms with Crippen molar-refractivity contribution in [3.63, 3.8) is 0 Å². The average Bonchev–Trinajstić information content (AvgIpc) is 3.33. The van der Waals surface area contributed by atoms with E-state index in [1.165, 1.54) is 0 Å². The first-order valence-electron chi connectivity index (χ1n) is 13.3. The van der Waals surface area contributed by atoms with Crippen molar-refractivity contribution in [3.8, 4) is 11.3 Å². The van der Waals surface area contributed by atoms with Gasteiger partial charge in [0.1, 0.15) is 23.1 Å². The van der Waals surface area contributed by atoms with Gasteiger partial charge in [-0.3, -0.25) is 9.40 Å². The number of aromatic nitrogens is 3. The largest absolute Gasteiger partial charge is 0.416 e. The summed E-state index contributed by atoms with van der Waals surface area (Å²) in [5.41, 5.74) is 11.6. The molecule has 5 rings (SSSR count). The van der Waals surface area contributed by atoms with Gasteiger partial charge in [-0.1, -0.05) is 6.07 Å². The fraction of sp³-hybridized carbons (Fsp3) is 0.357. The Bertz CT molecular complexity index is 1760. The minimum Gasteiger partial charge on any atom is -0.383 e. The fourth-order valence-corrected chi connectivity index (χ4v) is 6.46. The number of benzene rings is 2. The Morgan fingerprint density at radius 3 is 2.38 bits per heavy atom. The summed E-state index contributed by atoms with van der Waals surface area (Å²) < 4.78 is 99.3. The lowest BCUT2D eigenvalue weighted by Crippen LogP contribution is -2.26. The van der Waals surface area contributed by atoms with Crippen molar-refractivity contribution in [2.24, 2.45) is 5.73 Å². The zero-order chi connectivity index (χ0) is 30.6. The summed E-state index contributed by atoms with van der Waals surface area (Å²) in [4.78, 5) is 3.58. The first-order valence-corrected chi connectivity index (χ1v) is 14.8. The summed E-state index contributed by atoms with van der Waals surface area (Å²) >= 11 is 0. The van der Waals surface area contributed by atoms with Gasteiger partial charge in [0.2, 0.25) is 0 Å². The molecule has 2 aromatic carbocycles. The monoisotopic (exact) mass is 608 g/mol. The van der Waals surface area contributed by atoms with Crippen LogP contribution in [0.1, 0.15) is 62.6 Å². The van der Waals surface area contributed by atoms with Crippen LogP contribution in [-0.4, -0.2) is 29.2 Å². The number of alkyl halides is 3. The summed E-state index contributed by atoms with van der Waals surface area (Å²) in [5.74, 6) is -2.01. The van der Waals surface area contributed by atoms with E-state index in [0.717, 1.165) is 49.4 Å². The molecule has 0 radical (unpaired) electrons. The molecule has 0 bridgehead atoms. The van der Waals surface area contributed by atoms with Gasteiger partial charge in [0.05, 0.1) is 27.0 Å². The molecule has 1 saturated carbocycles. The number of fused-ring (bicyclic) bond motifs is 1. The van der Waals surface area contributed by atoms with E-state index >= 15 is 8.78 Å². The smallest absolute Gasteiger partial charge is 0.383 e. The molecule has 1 aliphatic rings. The third kappa shape index (κ3) is 5.52. The quantitative estimate of drug-likeness (QED) is 0.219. The van der Waals surface area contributed by atoms with Crippen molar-refractivity contribution in [2.75, 3.05) is 10.5 Å². The summed E-state index contributed by atoms with van der Waals surface area (Å²) in [6.45, 7) is 3.77. The second-order valence-electron chi connectivity index (χ2n) is 10.8. The molecule has 0 amide bonds. The Morgan fingerprint density at radius 2 is 1.74 bits per heavy atom. The fourth-order valence-electron chi connectivity index (χ4n) is 5.36. The highest BCUT2D eigenvalue weighted by atomic mass is 32.2. The third-order valence-corrected chi connectivity index (χ3v) is 8.87. The average molecular weight is 609 g/mol. The molecular weight excluding hydrogens is 579 g/mol. The van der Waals surface area contributed by atoms with Gasteiger partial charge in [-0.2, -0.15) is 18.3 Å². The van der Waals surface area contributed by atoms with E-state index in [1.807, 2.05) is 18.6 Å². The van der Waals surface area contributed by atoms with E-state index < -0.39 is 44.0 Å². The Labute approximate surface area is 239 Å². The maximum atomic E-state index is 15.6. The van der Waals surface area contributed by atoms with Gasteiger partial charge >= 0.3 is 6.18 Å². The number of hydrogen-bond donors (Lipinski definition) is 3. The summed E-state index contributed by atoms with van der Waals surface area (Å²) in [5, 5.41) is 4.94. The van der Waals surface area contributed by atoms with Crippen molar-refractivity contribution in [3.05, 3.63) is 65.4 Å². The van der Waals surface area contributed by atoms with Crippen LogP contribution < -0.4 is 16.2 Å². The lowest BCUT2D eigenvalue weighted by Gasteiger charge is -2.27. The van der Waals surface area contributed by atoms with Gasteiger partial charge in [-0.05, 0) is 75.3 Å². The van der Waals surface area contributed by atoms with Crippen LogP contribution in [0.3, 0.4) is 0 Å². The Morgan fingerprint density at radius 1 is 1.05 bits per heavy atom. The zero-order valence-electron chi connectivity index (χ0n) is 22.7. The molecule has 4 aromatic rings. The number of sulfonamides is 1. The first-order chi connectivity index (χ1) is 19.7. The SMILES string of the molecule is CC(C)n1nc(-c2cc(F)c(NS(=O)(=O)c3cccc(C(F)(F)F)c3)cc2F)c2c(N)ncc(C3CCC(N)CC3)c21. The normalized spacial score (nSPS) is 18.1. The summed E-state index contributed by atoms with van der Waals surface area (Å²) in [7, 11) is -4.70. The highest BCUT2D eigenvalue weighted by Crippen LogP contribution is 2.42. The molecule has 8 nitrogen and oxygen atoms in total. The van der Waals surface area contributed by atoms with Crippen LogP contribution in [0.15, 0.2) is 47.5 Å². The second-order valence-corrected chi connectivity index (χ2v) is 12.4. The van der Waals surface area contributed by atoms with Crippen molar-refractivity contribution in [1.29, 1.82) is 0 Å². The van der Waals surface area contributed by atoms with Gasteiger partial charge in [0.25, 0.3) is 10.0 Å². The van der Waals surface area contributed by atoms with Crippen LogP contribution >= 0.6 is 0 Å². The molecule has 1 aliphatic carbocycles. The van der Waals surface area contributed by atoms with Gasteiger partial charge in [0, 0.05) is 29.9 Å². The summed E-state index contributed by atoms with van der Waals surface area (Å²) in [6, 6.07) is 4.25. The second kappa shape index (κ2) is 10.8. The first kappa shape index (κ1) is 29.7. The molecule has 2 aromatic heterocycles. The maximum Gasteiger partial charge on any atom is 0.416 e. The van der Waals surface area contributed by atoms with Crippen molar-refractivity contribution in [1.82, 2.24) is 14.8 Å². The Balaban J connectivity index is 1.58. The number of hydrogen-bond acceptors (Lipinski definition) is 6. The molecule has 42 heavy (non-hydrogen) atoms. The van der Waals surface area contributed by atoms with Crippen molar-refractivity contribution >= 4 is 32.4 Å². The Kier molecular flexibility index (Phi) is 7.64. The van der Waals surface area contributed by atoms with Crippen LogP contribution in [0.4, 0.5) is 33.5 Å². The minimum atomic E-state index is -4.80. The molecule has 2 heterocycles. The molecule has 0 spiro atoms. The summed E-state index contributed by atoms with van der Waals surface area (Å²) in [6.07, 6.45) is 0.196. The lowest BCUT2D eigenvalue weighted by atomic mass is 9.82. The van der Waals surface area contributed by atoms with E-state index in [2.05, 4.69) is 10.1 Å². The number of anilines is 2. The van der Waals surface area contributed by atoms with Crippen LogP contribution in [0.25, 0.3) is 22.2 Å². The van der Waals surface area contributed by atoms with Gasteiger partial charge in [0.15, 0.2) is 0 Å². The highest BCUT2D eigenvalue weighted by molar-refractivity contribution is 7.92. The number of halogens is 5. The van der Waals surface area contributed by atoms with Crippen LogP contribution in [0.5, 0.6) is 0 Å². The van der Waals surface area contributed by atoms with E-state index in [1.54, 1.807) is 10.9 Å². The van der Waals surface area contributed by atoms with Crippen molar-refractivity contribution < 1.29 is 30.4 Å². The minimum absolute atomic E-state index is 0.0294. The number of rotatable bonds is 6. The van der Waals surface area contributed by atoms with E-state index in [0.29, 0.717) is 29.1 Å². The van der Waals surface area contributed by atoms with Crippen LogP contribution in [0.2, 0.25) is 0 Å². The Hall–Kier alpha value is -3.78. The molecular formula is C28H29F5N6O2S. The number of nitrogen functional groups attached to an aromatic ring is 1. The van der Waals surface area contributed by atoms with E-state index in [-0.39, 0.29) is 35.1 Å². The molecule has 0 unspecified atom stereocenters. The predicted octanol–water partition coefficient (Wildman–Crippen LogP) is 6.34. The molecule has 0 aliphatic heterocycles. The lowest BCUT2D eigenvalue weighted by molar-refractivity contribution is -0.137. The zero-order valence-corrected chi connectivity index (χ0v) is 23.5. The number of nitrogens with one attached hydrogen (secondary N) is 1. The highest BCUT2D eigenvalue weighted by Gasteiger charge is 2.32. The molecule has 14 heteroatoms. The third-order valence-electron chi connectivity index (χ3n) is 7.51.